The Morgan fingerprint density at radius 1 is 1.12 bits per heavy atom. The van der Waals surface area contributed by atoms with Crippen LogP contribution in [0.15, 0.2) is 47.4 Å². The lowest BCUT2D eigenvalue weighted by molar-refractivity contribution is 0.202. The van der Waals surface area contributed by atoms with Crippen molar-refractivity contribution in [2.24, 2.45) is 0 Å². The van der Waals surface area contributed by atoms with Crippen molar-refractivity contribution < 1.29 is 27.5 Å². The van der Waals surface area contributed by atoms with Crippen molar-refractivity contribution in [3.05, 3.63) is 53.0 Å². The lowest BCUT2D eigenvalue weighted by Gasteiger charge is -2.15. The Bertz CT molecular complexity index is 1440. The van der Waals surface area contributed by atoms with Crippen LogP contribution < -0.4 is 18.9 Å². The summed E-state index contributed by atoms with van der Waals surface area (Å²) in [5.41, 5.74) is 0.439. The van der Waals surface area contributed by atoms with Gasteiger partial charge < -0.3 is 9.47 Å². The summed E-state index contributed by atoms with van der Waals surface area (Å²) >= 11 is 3.30. The molecule has 12 heteroatoms. The van der Waals surface area contributed by atoms with Crippen molar-refractivity contribution >= 4 is 32.0 Å². The third-order valence-electron chi connectivity index (χ3n) is 3.58. The maximum atomic E-state index is 12.7. The van der Waals surface area contributed by atoms with Gasteiger partial charge in [0.1, 0.15) is 20.8 Å². The van der Waals surface area contributed by atoms with Gasteiger partial charge in [-0.15, -0.1) is 0 Å². The first-order chi connectivity index (χ1) is 18.0. The number of hydrogen-bond acceptors (Lipinski definition) is 8. The molecule has 2 heterocycles. The van der Waals surface area contributed by atoms with Gasteiger partial charge in [-0.2, -0.15) is 13.1 Å². The highest BCUT2D eigenvalue weighted by molar-refractivity contribution is 9.10. The molecular weight excluding hydrogens is 500 g/mol. The second kappa shape index (κ2) is 11.2. The van der Waals surface area contributed by atoms with E-state index >= 15 is 0 Å². The highest BCUT2D eigenvalue weighted by atomic mass is 79.9. The number of anilines is 1. The van der Waals surface area contributed by atoms with E-state index in [2.05, 4.69) is 40.6 Å². The van der Waals surface area contributed by atoms with Crippen LogP contribution in [0, 0.1) is 6.92 Å². The van der Waals surface area contributed by atoms with Crippen molar-refractivity contribution in [3.8, 4) is 23.0 Å². The summed E-state index contributed by atoms with van der Waals surface area (Å²) in [7, 11) is -4.54. The van der Waals surface area contributed by atoms with Crippen LogP contribution in [0.3, 0.4) is 0 Å². The van der Waals surface area contributed by atoms with E-state index in [0.29, 0.717) is 10.0 Å². The fourth-order valence-electron chi connectivity index (χ4n) is 2.26. The Kier molecular flexibility index (Phi) is 5.54. The molecule has 0 saturated carbocycles. The normalized spacial score (nSPS) is 15.3. The quantitative estimate of drug-likeness (QED) is 0.387. The highest BCUT2D eigenvalue weighted by Gasteiger charge is 2.19. The summed E-state index contributed by atoms with van der Waals surface area (Å²) in [6.45, 7) is -2.84. The molecule has 0 aliphatic rings. The van der Waals surface area contributed by atoms with Gasteiger partial charge in [-0.05, 0) is 36.6 Å². The summed E-state index contributed by atoms with van der Waals surface area (Å²) < 4.78 is 95.8. The van der Waals surface area contributed by atoms with Crippen LogP contribution in [0.1, 0.15) is 28.5 Å². The molecule has 0 aliphatic carbocycles. The minimum atomic E-state index is -4.54. The van der Waals surface area contributed by atoms with E-state index in [1.165, 1.54) is 13.8 Å². The Morgan fingerprint density at radius 3 is 2.53 bits per heavy atom. The lowest BCUT2D eigenvalue weighted by atomic mass is 10.1. The molecule has 3 aromatic rings. The molecule has 0 atom stereocenters. The molecular formula is C20H23BrN6O4S. The van der Waals surface area contributed by atoms with Gasteiger partial charge in [-0.3, -0.25) is 4.72 Å². The molecule has 32 heavy (non-hydrogen) atoms. The highest BCUT2D eigenvalue weighted by Crippen LogP contribution is 2.34. The molecule has 0 aliphatic heterocycles. The number of hydrogen-bond donors (Lipinski definition) is 2. The maximum absolute atomic E-state index is 12.7. The number of halogens is 1. The van der Waals surface area contributed by atoms with Crippen molar-refractivity contribution in [3.63, 3.8) is 0 Å². The number of nitrogens with one attached hydrogen (secondary N) is 2. The SMILES string of the molecule is [2H]c1nc(NS(=O)(=O)NC([2H])([2H])CC)c(-c2ccc(Br)cc2)c(OCC([2H])([2H])Oc2nc([2H])c(C)c([2H])n2)n1. The number of nitrogens with zero attached hydrogens (tertiary/aromatic N) is 4. The summed E-state index contributed by atoms with van der Waals surface area (Å²) in [5, 5.41) is 0. The predicted octanol–water partition coefficient (Wildman–Crippen LogP) is 3.12. The smallest absolute Gasteiger partial charge is 0.316 e. The van der Waals surface area contributed by atoms with Gasteiger partial charge in [0, 0.05) is 26.1 Å². The van der Waals surface area contributed by atoms with Crippen LogP contribution in [-0.4, -0.2) is 48.0 Å². The zero-order valence-corrected chi connectivity index (χ0v) is 19.3. The second-order valence-corrected chi connectivity index (χ2v) is 8.32. The fourth-order valence-corrected chi connectivity index (χ4v) is 3.31. The first kappa shape index (κ1) is 15.9. The summed E-state index contributed by atoms with van der Waals surface area (Å²) in [6.07, 6.45) is -1.47. The molecule has 0 radical (unpaired) electrons. The van der Waals surface area contributed by atoms with Crippen molar-refractivity contribution in [2.75, 3.05) is 24.4 Å². The molecule has 0 amide bonds. The van der Waals surface area contributed by atoms with Gasteiger partial charge in [-0.1, -0.05) is 35.0 Å². The van der Waals surface area contributed by atoms with Crippen LogP contribution in [0.25, 0.3) is 11.1 Å². The van der Waals surface area contributed by atoms with E-state index in [9.17, 15) is 8.42 Å². The molecule has 0 fully saturated rings. The van der Waals surface area contributed by atoms with Gasteiger partial charge >= 0.3 is 6.01 Å². The molecule has 0 unspecified atom stereocenters. The third-order valence-corrected chi connectivity index (χ3v) is 4.98. The lowest BCUT2D eigenvalue weighted by Crippen LogP contribution is -2.31. The molecule has 170 valence electrons. The number of rotatable bonds is 11. The first-order valence-corrected chi connectivity index (χ1v) is 11.4. The molecule has 10 nitrogen and oxygen atoms in total. The molecule has 3 rings (SSSR count). The minimum absolute atomic E-state index is 0.0646. The van der Waals surface area contributed by atoms with Gasteiger partial charge in [0.15, 0.2) is 5.82 Å². The van der Waals surface area contributed by atoms with E-state index < -0.39 is 48.0 Å². The summed E-state index contributed by atoms with van der Waals surface area (Å²) in [4.78, 5) is 15.1. The summed E-state index contributed by atoms with van der Waals surface area (Å²) in [6, 6.07) is 5.83. The Hall–Kier alpha value is -2.83. The third kappa shape index (κ3) is 6.84. The molecule has 0 saturated heterocycles. The molecule has 2 N–H and O–H groups in total. The van der Waals surface area contributed by atoms with Crippen molar-refractivity contribution in [1.29, 1.82) is 0 Å². The van der Waals surface area contributed by atoms with Gasteiger partial charge in [0.2, 0.25) is 5.88 Å². The van der Waals surface area contributed by atoms with Gasteiger partial charge in [-0.25, -0.2) is 19.9 Å². The summed E-state index contributed by atoms with van der Waals surface area (Å²) in [5.74, 6) is -0.805. The van der Waals surface area contributed by atoms with Crippen LogP contribution in [0.4, 0.5) is 5.82 Å². The van der Waals surface area contributed by atoms with Gasteiger partial charge in [0.25, 0.3) is 10.2 Å². The number of ether oxygens (including phenoxy) is 2. The second-order valence-electron chi connectivity index (χ2n) is 5.99. The van der Waals surface area contributed by atoms with E-state index in [0.717, 1.165) is 0 Å². The largest absolute Gasteiger partial charge is 0.473 e. The average molecular weight is 530 g/mol. The zero-order valence-electron chi connectivity index (χ0n) is 23.9. The predicted molar refractivity (Wildman–Crippen MR) is 124 cm³/mol. The van der Waals surface area contributed by atoms with Crippen LogP contribution >= 0.6 is 15.9 Å². The Balaban J connectivity index is 1.99. The average Bonchev–Trinajstić information content (AvgIpc) is 2.80. The van der Waals surface area contributed by atoms with Crippen LogP contribution in [0.2, 0.25) is 0 Å². The topological polar surface area (TPSA) is 128 Å². The van der Waals surface area contributed by atoms with Crippen molar-refractivity contribution in [2.45, 2.75) is 20.3 Å². The standard InChI is InChI=1S/C20H23BrN6O4S/c1-3-8-26-32(28,29)27-18-17(15-4-6-16(21)7-5-15)19(25-13-24-18)30-9-10-31-20-22-11-14(2)12-23-20/h4-7,11-13,26H,3,8-10H2,1-2H3,(H,24,25,27)/i8D2,10D2,11D,12D,13D. The number of aromatic nitrogens is 4. The monoisotopic (exact) mass is 529 g/mol. The fraction of sp³-hybridized carbons (Fsp3) is 0.300. The maximum Gasteiger partial charge on any atom is 0.316 e. The zero-order chi connectivity index (χ0) is 29.2. The molecule has 1 aromatic carbocycles. The van der Waals surface area contributed by atoms with E-state index in [1.54, 1.807) is 24.3 Å². The minimum Gasteiger partial charge on any atom is -0.473 e. The van der Waals surface area contributed by atoms with E-state index in [4.69, 9.17) is 19.1 Å². The van der Waals surface area contributed by atoms with Crippen LogP contribution in [-0.2, 0) is 10.2 Å². The molecule has 0 bridgehead atoms. The van der Waals surface area contributed by atoms with Crippen molar-refractivity contribution in [1.82, 2.24) is 24.7 Å². The van der Waals surface area contributed by atoms with E-state index in [-0.39, 0.29) is 35.8 Å². The Labute approximate surface area is 205 Å². The van der Waals surface area contributed by atoms with E-state index in [1.807, 2.05) is 4.72 Å². The van der Waals surface area contributed by atoms with Gasteiger partial charge in [0.05, 0.1) is 11.0 Å². The molecule has 2 aromatic heterocycles. The first-order valence-electron chi connectivity index (χ1n) is 12.6. The Morgan fingerprint density at radius 2 is 1.84 bits per heavy atom. The number of benzene rings is 1. The molecule has 0 spiro atoms. The van der Waals surface area contributed by atoms with Crippen LogP contribution in [0.5, 0.6) is 11.9 Å².